The summed E-state index contributed by atoms with van der Waals surface area (Å²) < 4.78 is 0. The van der Waals surface area contributed by atoms with E-state index in [1.54, 1.807) is 30.6 Å². The zero-order chi connectivity index (χ0) is 16.5. The van der Waals surface area contributed by atoms with Crippen molar-refractivity contribution in [3.63, 3.8) is 0 Å². The zero-order valence-corrected chi connectivity index (χ0v) is 13.0. The van der Waals surface area contributed by atoms with E-state index in [0.29, 0.717) is 23.0 Å². The molecule has 6 heteroatoms. The number of hydrogen-bond donors (Lipinski definition) is 1. The predicted octanol–water partition coefficient (Wildman–Crippen LogP) is 2.30. The molecule has 0 aliphatic carbocycles. The number of nitrogens with zero attached hydrogens (tertiary/aromatic N) is 3. The number of benzene rings is 1. The number of likely N-dealkylation sites (tertiary alicyclic amines) is 1. The Morgan fingerprint density at radius 2 is 2.00 bits per heavy atom. The lowest BCUT2D eigenvalue weighted by atomic mass is 10.1. The summed E-state index contributed by atoms with van der Waals surface area (Å²) in [6.45, 7) is 0.674. The number of H-pyrrole nitrogens is 1. The summed E-state index contributed by atoms with van der Waals surface area (Å²) in [6, 6.07) is 10.9. The van der Waals surface area contributed by atoms with Crippen molar-refractivity contribution in [2.24, 2.45) is 0 Å². The molecule has 6 nitrogen and oxygen atoms in total. The standard InChI is InChI=1S/C18H16N4O2/c23-17-14-7-2-1-6-13(14)16(20-21-17)18(24)22-10-4-8-15(22)12-5-3-9-19-11-12/h1-3,5-7,9,11,15H,4,8,10H2,(H,21,23)/t15-/m1/s1. The van der Waals surface area contributed by atoms with Gasteiger partial charge in [-0.3, -0.25) is 14.6 Å². The van der Waals surface area contributed by atoms with Crippen LogP contribution in [0.5, 0.6) is 0 Å². The summed E-state index contributed by atoms with van der Waals surface area (Å²) >= 11 is 0. The molecular weight excluding hydrogens is 304 g/mol. The Balaban J connectivity index is 1.76. The van der Waals surface area contributed by atoms with Gasteiger partial charge in [-0.2, -0.15) is 5.10 Å². The Kier molecular flexibility index (Phi) is 3.57. The molecule has 1 atom stereocenters. The van der Waals surface area contributed by atoms with Gasteiger partial charge in [0.2, 0.25) is 0 Å². The van der Waals surface area contributed by atoms with Crippen LogP contribution in [-0.2, 0) is 0 Å². The van der Waals surface area contributed by atoms with Crippen LogP contribution in [0.15, 0.2) is 53.6 Å². The molecule has 4 rings (SSSR count). The average Bonchev–Trinajstić information content (AvgIpc) is 3.12. The molecule has 1 aliphatic rings. The molecule has 0 radical (unpaired) electrons. The molecule has 1 N–H and O–H groups in total. The highest BCUT2D eigenvalue weighted by Crippen LogP contribution is 2.33. The molecule has 120 valence electrons. The van der Waals surface area contributed by atoms with E-state index in [1.165, 1.54) is 0 Å². The molecule has 24 heavy (non-hydrogen) atoms. The van der Waals surface area contributed by atoms with E-state index in [1.807, 2.05) is 23.1 Å². The van der Waals surface area contributed by atoms with Crippen molar-refractivity contribution in [3.8, 4) is 0 Å². The number of nitrogens with one attached hydrogen (secondary N) is 1. The lowest BCUT2D eigenvalue weighted by Crippen LogP contribution is -2.32. The van der Waals surface area contributed by atoms with Gasteiger partial charge in [-0.15, -0.1) is 0 Å². The van der Waals surface area contributed by atoms with Gasteiger partial charge in [-0.1, -0.05) is 24.3 Å². The van der Waals surface area contributed by atoms with E-state index in [2.05, 4.69) is 15.2 Å². The lowest BCUT2D eigenvalue weighted by molar-refractivity contribution is 0.0730. The molecule has 3 aromatic rings. The SMILES string of the molecule is O=C(c1n[nH]c(=O)c2ccccc12)N1CCC[C@@H]1c1cccnc1. The Bertz CT molecular complexity index is 952. The number of hydrogen-bond acceptors (Lipinski definition) is 4. The quantitative estimate of drug-likeness (QED) is 0.786. The minimum atomic E-state index is -0.285. The Hall–Kier alpha value is -3.02. The summed E-state index contributed by atoms with van der Waals surface area (Å²) in [6.07, 6.45) is 5.36. The molecule has 0 bridgehead atoms. The molecule has 0 saturated carbocycles. The maximum Gasteiger partial charge on any atom is 0.275 e. The Morgan fingerprint density at radius 3 is 2.79 bits per heavy atom. The molecule has 0 unspecified atom stereocenters. The van der Waals surface area contributed by atoms with Crippen molar-refractivity contribution < 1.29 is 4.79 Å². The summed E-state index contributed by atoms with van der Waals surface area (Å²) in [5.41, 5.74) is 1.03. The molecule has 0 spiro atoms. The molecule has 1 aromatic carbocycles. The lowest BCUT2D eigenvalue weighted by Gasteiger charge is -2.24. The minimum absolute atomic E-state index is 0.00121. The van der Waals surface area contributed by atoms with Crippen LogP contribution in [0.3, 0.4) is 0 Å². The second-order valence-corrected chi connectivity index (χ2v) is 5.89. The van der Waals surface area contributed by atoms with E-state index < -0.39 is 0 Å². The number of aromatic amines is 1. The number of pyridine rings is 1. The summed E-state index contributed by atoms with van der Waals surface area (Å²) in [4.78, 5) is 31.0. The van der Waals surface area contributed by atoms with Crippen molar-refractivity contribution in [1.82, 2.24) is 20.1 Å². The molecule has 3 heterocycles. The number of rotatable bonds is 2. The van der Waals surface area contributed by atoms with Crippen LogP contribution in [0.1, 0.15) is 34.9 Å². The highest BCUT2D eigenvalue weighted by atomic mass is 16.2. The average molecular weight is 320 g/mol. The van der Waals surface area contributed by atoms with Gasteiger partial charge in [0.15, 0.2) is 5.69 Å². The fourth-order valence-electron chi connectivity index (χ4n) is 3.34. The van der Waals surface area contributed by atoms with Gasteiger partial charge in [0.25, 0.3) is 11.5 Å². The fourth-order valence-corrected chi connectivity index (χ4v) is 3.34. The van der Waals surface area contributed by atoms with Crippen LogP contribution < -0.4 is 5.56 Å². The predicted molar refractivity (Wildman–Crippen MR) is 89.6 cm³/mol. The third kappa shape index (κ3) is 2.36. The van der Waals surface area contributed by atoms with Crippen molar-refractivity contribution in [2.45, 2.75) is 18.9 Å². The summed E-state index contributed by atoms with van der Waals surface area (Å²) in [7, 11) is 0. The molecule has 2 aromatic heterocycles. The van der Waals surface area contributed by atoms with Gasteiger partial charge in [-0.25, -0.2) is 5.10 Å². The largest absolute Gasteiger partial charge is 0.330 e. The Labute approximate surface area is 138 Å². The highest BCUT2D eigenvalue weighted by molar-refractivity contribution is 6.04. The Morgan fingerprint density at radius 1 is 1.17 bits per heavy atom. The van der Waals surface area contributed by atoms with Crippen LogP contribution in [-0.4, -0.2) is 32.5 Å². The third-order valence-electron chi connectivity index (χ3n) is 4.48. The smallest absolute Gasteiger partial charge is 0.275 e. The highest BCUT2D eigenvalue weighted by Gasteiger charge is 2.32. The summed E-state index contributed by atoms with van der Waals surface area (Å²) in [5, 5.41) is 7.54. The molecule has 1 saturated heterocycles. The van der Waals surface area contributed by atoms with Gasteiger partial charge in [-0.05, 0) is 30.5 Å². The number of carbonyl (C=O) groups excluding carboxylic acids is 1. The number of amides is 1. The van der Waals surface area contributed by atoms with Gasteiger partial charge >= 0.3 is 0 Å². The number of aromatic nitrogens is 3. The van der Waals surface area contributed by atoms with E-state index in [-0.39, 0.29) is 17.5 Å². The van der Waals surface area contributed by atoms with Crippen LogP contribution in [0.4, 0.5) is 0 Å². The maximum atomic E-state index is 13.1. The third-order valence-corrected chi connectivity index (χ3v) is 4.48. The molecular formula is C18H16N4O2. The van der Waals surface area contributed by atoms with E-state index in [0.717, 1.165) is 18.4 Å². The van der Waals surface area contributed by atoms with Crippen molar-refractivity contribution in [2.75, 3.05) is 6.54 Å². The molecule has 1 amide bonds. The second-order valence-electron chi connectivity index (χ2n) is 5.89. The van der Waals surface area contributed by atoms with Crippen LogP contribution in [0, 0.1) is 0 Å². The van der Waals surface area contributed by atoms with Crippen molar-refractivity contribution >= 4 is 16.7 Å². The van der Waals surface area contributed by atoms with E-state index in [4.69, 9.17) is 0 Å². The topological polar surface area (TPSA) is 79.0 Å². The van der Waals surface area contributed by atoms with Crippen LogP contribution >= 0.6 is 0 Å². The van der Waals surface area contributed by atoms with Gasteiger partial charge in [0.05, 0.1) is 11.4 Å². The minimum Gasteiger partial charge on any atom is -0.330 e. The van der Waals surface area contributed by atoms with Crippen LogP contribution in [0.2, 0.25) is 0 Å². The normalized spacial score (nSPS) is 17.3. The van der Waals surface area contributed by atoms with Gasteiger partial charge in [0.1, 0.15) is 0 Å². The fraction of sp³-hybridized carbons (Fsp3) is 0.222. The van der Waals surface area contributed by atoms with Crippen molar-refractivity contribution in [1.29, 1.82) is 0 Å². The first-order valence-electron chi connectivity index (χ1n) is 7.94. The molecule has 1 fully saturated rings. The van der Waals surface area contributed by atoms with E-state index >= 15 is 0 Å². The monoisotopic (exact) mass is 320 g/mol. The summed E-state index contributed by atoms with van der Waals surface area (Å²) in [5.74, 6) is -0.159. The number of fused-ring (bicyclic) bond motifs is 1. The first-order chi connectivity index (χ1) is 11.8. The van der Waals surface area contributed by atoms with Gasteiger partial charge < -0.3 is 4.90 Å². The molecule has 1 aliphatic heterocycles. The zero-order valence-electron chi connectivity index (χ0n) is 13.0. The second kappa shape index (κ2) is 5.88. The van der Waals surface area contributed by atoms with Gasteiger partial charge in [0, 0.05) is 24.3 Å². The van der Waals surface area contributed by atoms with Crippen LogP contribution in [0.25, 0.3) is 10.8 Å². The maximum absolute atomic E-state index is 13.1. The first-order valence-corrected chi connectivity index (χ1v) is 7.94. The number of carbonyl (C=O) groups is 1. The first kappa shape index (κ1) is 14.6. The van der Waals surface area contributed by atoms with E-state index in [9.17, 15) is 9.59 Å². The van der Waals surface area contributed by atoms with Crippen molar-refractivity contribution in [3.05, 3.63) is 70.4 Å².